The molecule has 0 radical (unpaired) electrons. The molecule has 1 atom stereocenters. The van der Waals surface area contributed by atoms with E-state index in [4.69, 9.17) is 5.11 Å². The van der Waals surface area contributed by atoms with Crippen LogP contribution in [0, 0.1) is 0 Å². The molecule has 5 nitrogen and oxygen atoms in total. The van der Waals surface area contributed by atoms with Gasteiger partial charge in [-0.1, -0.05) is 0 Å². The average Bonchev–Trinajstić information content (AvgIpc) is 2.65. The van der Waals surface area contributed by atoms with Crippen molar-refractivity contribution in [3.63, 3.8) is 0 Å². The summed E-state index contributed by atoms with van der Waals surface area (Å²) in [4.78, 5) is 10.7. The van der Waals surface area contributed by atoms with E-state index in [-0.39, 0.29) is 15.8 Å². The fourth-order valence-corrected chi connectivity index (χ4v) is 4.23. The molecule has 8 heteroatoms. The highest BCUT2D eigenvalue weighted by atomic mass is 32.2. The molecule has 0 saturated carbocycles. The monoisotopic (exact) mass is 295 g/mol. The molecule has 0 saturated heterocycles. The van der Waals surface area contributed by atoms with Gasteiger partial charge in [-0.25, -0.2) is 17.9 Å². The first-order valence-corrected chi connectivity index (χ1v) is 8.45. The number of hydrogen-bond acceptors (Lipinski definition) is 5. The molecule has 0 aliphatic carbocycles. The minimum Gasteiger partial charge on any atom is -0.477 e. The Hall–Kier alpha value is -0.570. The van der Waals surface area contributed by atoms with Crippen LogP contribution in [-0.2, 0) is 10.0 Å². The van der Waals surface area contributed by atoms with Crippen molar-refractivity contribution in [1.29, 1.82) is 0 Å². The standard InChI is InChI=1S/C9H13NO4S3/c1-6(4-15-2)10-17(13,14)7-3-8(9(11)12)16-5-7/h3,5-6,10H,4H2,1-2H3,(H,11,12). The number of hydrogen-bond donors (Lipinski definition) is 2. The number of aromatic carboxylic acids is 1. The molecule has 1 rings (SSSR count). The third-order valence-electron chi connectivity index (χ3n) is 1.87. The van der Waals surface area contributed by atoms with E-state index in [9.17, 15) is 13.2 Å². The second kappa shape index (κ2) is 5.85. The number of sulfonamides is 1. The lowest BCUT2D eigenvalue weighted by molar-refractivity contribution is 0.0702. The lowest BCUT2D eigenvalue weighted by atomic mass is 10.4. The summed E-state index contributed by atoms with van der Waals surface area (Å²) >= 11 is 2.44. The Kier molecular flexibility index (Phi) is 4.99. The molecule has 0 amide bonds. The van der Waals surface area contributed by atoms with Crippen LogP contribution in [0.3, 0.4) is 0 Å². The first kappa shape index (κ1) is 14.5. The van der Waals surface area contributed by atoms with Crippen LogP contribution in [0.15, 0.2) is 16.3 Å². The number of carboxylic acids is 1. The zero-order chi connectivity index (χ0) is 13.1. The number of rotatable bonds is 6. The highest BCUT2D eigenvalue weighted by Crippen LogP contribution is 2.19. The lowest BCUT2D eigenvalue weighted by Gasteiger charge is -2.11. The highest BCUT2D eigenvalue weighted by Gasteiger charge is 2.20. The molecule has 0 bridgehead atoms. The Morgan fingerprint density at radius 1 is 1.65 bits per heavy atom. The smallest absolute Gasteiger partial charge is 0.345 e. The first-order chi connectivity index (χ1) is 7.86. The molecule has 96 valence electrons. The normalized spacial score (nSPS) is 13.5. The number of nitrogens with one attached hydrogen (secondary N) is 1. The zero-order valence-corrected chi connectivity index (χ0v) is 11.8. The summed E-state index contributed by atoms with van der Waals surface area (Å²) < 4.78 is 26.2. The fraction of sp³-hybridized carbons (Fsp3) is 0.444. The Morgan fingerprint density at radius 2 is 2.29 bits per heavy atom. The van der Waals surface area contributed by atoms with Crippen molar-refractivity contribution < 1.29 is 18.3 Å². The largest absolute Gasteiger partial charge is 0.477 e. The Bertz CT molecular complexity index is 494. The van der Waals surface area contributed by atoms with Crippen molar-refractivity contribution in [2.45, 2.75) is 17.9 Å². The van der Waals surface area contributed by atoms with Crippen LogP contribution in [-0.4, -0.2) is 37.5 Å². The zero-order valence-electron chi connectivity index (χ0n) is 9.34. The maximum atomic E-state index is 11.8. The van der Waals surface area contributed by atoms with Gasteiger partial charge in [-0.05, 0) is 19.2 Å². The summed E-state index contributed by atoms with van der Waals surface area (Å²) in [6.07, 6.45) is 1.89. The van der Waals surface area contributed by atoms with E-state index in [1.54, 1.807) is 6.92 Å². The maximum absolute atomic E-state index is 11.8. The van der Waals surface area contributed by atoms with Crippen LogP contribution in [0.4, 0.5) is 0 Å². The molecule has 1 heterocycles. The molecular formula is C9H13NO4S3. The highest BCUT2D eigenvalue weighted by molar-refractivity contribution is 7.98. The van der Waals surface area contributed by atoms with E-state index in [0.717, 1.165) is 11.3 Å². The van der Waals surface area contributed by atoms with Crippen LogP contribution < -0.4 is 4.72 Å². The Labute approximate surface area is 108 Å². The second-order valence-electron chi connectivity index (χ2n) is 3.43. The minimum absolute atomic E-state index is 0.00727. The Balaban J connectivity index is 2.86. The molecule has 1 aromatic heterocycles. The molecule has 1 aromatic rings. The molecule has 0 fully saturated rings. The molecule has 0 aliphatic heterocycles. The number of carboxylic acid groups (broad SMARTS) is 1. The van der Waals surface area contributed by atoms with Gasteiger partial charge in [-0.3, -0.25) is 0 Å². The van der Waals surface area contributed by atoms with Gasteiger partial charge in [0.1, 0.15) is 4.88 Å². The van der Waals surface area contributed by atoms with E-state index in [0.29, 0.717) is 5.75 Å². The van der Waals surface area contributed by atoms with Crippen molar-refractivity contribution in [3.8, 4) is 0 Å². The third kappa shape index (κ3) is 3.98. The molecule has 17 heavy (non-hydrogen) atoms. The lowest BCUT2D eigenvalue weighted by Crippen LogP contribution is -2.34. The van der Waals surface area contributed by atoms with Crippen LogP contribution in [0.5, 0.6) is 0 Å². The van der Waals surface area contributed by atoms with E-state index in [1.165, 1.54) is 23.2 Å². The predicted molar refractivity (Wildman–Crippen MR) is 69.4 cm³/mol. The van der Waals surface area contributed by atoms with E-state index in [2.05, 4.69) is 4.72 Å². The van der Waals surface area contributed by atoms with Crippen LogP contribution in [0.25, 0.3) is 0 Å². The van der Waals surface area contributed by atoms with Gasteiger partial charge >= 0.3 is 5.97 Å². The number of carbonyl (C=O) groups is 1. The molecule has 2 N–H and O–H groups in total. The second-order valence-corrected chi connectivity index (χ2v) is 6.97. The van der Waals surface area contributed by atoms with Crippen LogP contribution in [0.1, 0.15) is 16.6 Å². The number of thiophene rings is 1. The summed E-state index contributed by atoms with van der Waals surface area (Å²) in [6, 6.07) is 0.976. The molecule has 0 aromatic carbocycles. The summed E-state index contributed by atoms with van der Waals surface area (Å²) in [6.45, 7) is 1.76. The van der Waals surface area contributed by atoms with Gasteiger partial charge in [0.15, 0.2) is 0 Å². The fourth-order valence-electron chi connectivity index (χ4n) is 1.19. The summed E-state index contributed by atoms with van der Waals surface area (Å²) in [7, 11) is -3.61. The van der Waals surface area contributed by atoms with E-state index >= 15 is 0 Å². The molecular weight excluding hydrogens is 282 g/mol. The summed E-state index contributed by atoms with van der Waals surface area (Å²) in [5.74, 6) is -0.455. The summed E-state index contributed by atoms with van der Waals surface area (Å²) in [5.41, 5.74) is 0. The maximum Gasteiger partial charge on any atom is 0.345 e. The molecule has 0 spiro atoms. The van der Waals surface area contributed by atoms with Gasteiger partial charge < -0.3 is 5.11 Å². The quantitative estimate of drug-likeness (QED) is 0.830. The Morgan fingerprint density at radius 3 is 2.76 bits per heavy atom. The van der Waals surface area contributed by atoms with Gasteiger partial charge in [0.05, 0.1) is 4.90 Å². The van der Waals surface area contributed by atoms with Crippen molar-refractivity contribution >= 4 is 39.1 Å². The van der Waals surface area contributed by atoms with Crippen molar-refractivity contribution in [2.75, 3.05) is 12.0 Å². The van der Waals surface area contributed by atoms with Gasteiger partial charge in [0.2, 0.25) is 10.0 Å². The van der Waals surface area contributed by atoms with Crippen molar-refractivity contribution in [3.05, 3.63) is 16.3 Å². The number of thioether (sulfide) groups is 1. The van der Waals surface area contributed by atoms with Gasteiger partial charge in [0.25, 0.3) is 0 Å². The van der Waals surface area contributed by atoms with Crippen molar-refractivity contribution in [1.82, 2.24) is 4.72 Å². The third-order valence-corrected chi connectivity index (χ3v) is 5.34. The van der Waals surface area contributed by atoms with Gasteiger partial charge in [0, 0.05) is 17.2 Å². The van der Waals surface area contributed by atoms with Gasteiger partial charge in [-0.2, -0.15) is 11.8 Å². The first-order valence-electron chi connectivity index (χ1n) is 4.70. The SMILES string of the molecule is CSCC(C)NS(=O)(=O)c1csc(C(=O)O)c1. The predicted octanol–water partition coefficient (Wildman–Crippen LogP) is 1.48. The molecule has 0 aliphatic rings. The topological polar surface area (TPSA) is 83.5 Å². The molecule has 1 unspecified atom stereocenters. The van der Waals surface area contributed by atoms with Crippen molar-refractivity contribution in [2.24, 2.45) is 0 Å². The summed E-state index contributed by atoms with van der Waals surface area (Å²) in [5, 5.41) is 10.1. The van der Waals surface area contributed by atoms with E-state index < -0.39 is 16.0 Å². The van der Waals surface area contributed by atoms with Gasteiger partial charge in [-0.15, -0.1) is 11.3 Å². The minimum atomic E-state index is -3.61. The van der Waals surface area contributed by atoms with Crippen LogP contribution >= 0.6 is 23.1 Å². The van der Waals surface area contributed by atoms with Crippen LogP contribution in [0.2, 0.25) is 0 Å². The average molecular weight is 295 g/mol. The van der Waals surface area contributed by atoms with E-state index in [1.807, 2.05) is 6.26 Å².